The van der Waals surface area contributed by atoms with Crippen molar-refractivity contribution in [3.8, 4) is 11.5 Å². The van der Waals surface area contributed by atoms with Crippen molar-refractivity contribution in [2.45, 2.75) is 35.1 Å². The first-order valence-corrected chi connectivity index (χ1v) is 10.4. The van der Waals surface area contributed by atoms with E-state index in [0.29, 0.717) is 23.5 Å². The molecule has 2 aromatic rings. The van der Waals surface area contributed by atoms with E-state index in [4.69, 9.17) is 9.47 Å². The van der Waals surface area contributed by atoms with Crippen molar-refractivity contribution in [3.05, 3.63) is 53.8 Å². The molecular formula is C20H20FNO5S. The zero-order valence-corrected chi connectivity index (χ0v) is 16.5. The van der Waals surface area contributed by atoms with Gasteiger partial charge in [-0.3, -0.25) is 4.79 Å². The first-order valence-electron chi connectivity index (χ1n) is 8.81. The largest absolute Gasteiger partial charge is 0.497 e. The molecule has 0 unspecified atom stereocenters. The van der Waals surface area contributed by atoms with Crippen LogP contribution in [0.2, 0.25) is 0 Å². The van der Waals surface area contributed by atoms with E-state index in [0.717, 1.165) is 12.1 Å². The highest BCUT2D eigenvalue weighted by Gasteiger charge is 2.57. The van der Waals surface area contributed by atoms with E-state index in [9.17, 15) is 17.6 Å². The van der Waals surface area contributed by atoms with Crippen LogP contribution in [-0.4, -0.2) is 44.4 Å². The standard InChI is InChI=1S/C20H20FNO5S/c1-20-11-16(15-9-6-13(26-3)10-17(15)27-20)18(19(23)22(20)2)28(24,25)14-7-4-12(21)5-8-14/h4-10,16,18H,11H2,1-3H3/t16-,18-,20+/m1/s1. The third-order valence-corrected chi connectivity index (χ3v) is 7.80. The predicted molar refractivity (Wildman–Crippen MR) is 99.5 cm³/mol. The Morgan fingerprint density at radius 1 is 1.21 bits per heavy atom. The minimum atomic E-state index is -4.04. The van der Waals surface area contributed by atoms with E-state index in [1.807, 2.05) is 0 Å². The molecule has 1 amide bonds. The molecule has 0 aliphatic carbocycles. The lowest BCUT2D eigenvalue weighted by Gasteiger charge is -2.51. The highest BCUT2D eigenvalue weighted by atomic mass is 32.2. The van der Waals surface area contributed by atoms with E-state index in [2.05, 4.69) is 0 Å². The molecule has 1 saturated heterocycles. The second-order valence-corrected chi connectivity index (χ2v) is 9.38. The van der Waals surface area contributed by atoms with Gasteiger partial charge in [0.1, 0.15) is 17.3 Å². The molecular weight excluding hydrogens is 385 g/mol. The average Bonchev–Trinajstić information content (AvgIpc) is 2.66. The highest BCUT2D eigenvalue weighted by molar-refractivity contribution is 7.92. The molecule has 2 bridgehead atoms. The first kappa shape index (κ1) is 18.7. The monoisotopic (exact) mass is 405 g/mol. The number of hydrogen-bond acceptors (Lipinski definition) is 5. The Bertz CT molecular complexity index is 1050. The van der Waals surface area contributed by atoms with Gasteiger partial charge in [-0.25, -0.2) is 12.8 Å². The van der Waals surface area contributed by atoms with Gasteiger partial charge in [0.15, 0.2) is 20.8 Å². The number of fused-ring (bicyclic) bond motifs is 4. The number of hydrogen-bond donors (Lipinski definition) is 0. The fourth-order valence-electron chi connectivity index (χ4n) is 4.02. The number of carbonyl (C=O) groups is 1. The van der Waals surface area contributed by atoms with Gasteiger partial charge in [-0.15, -0.1) is 0 Å². The molecule has 3 atom stereocenters. The van der Waals surface area contributed by atoms with Gasteiger partial charge in [-0.1, -0.05) is 6.07 Å². The molecule has 4 rings (SSSR count). The summed E-state index contributed by atoms with van der Waals surface area (Å²) in [5.41, 5.74) is -0.314. The van der Waals surface area contributed by atoms with Gasteiger partial charge >= 0.3 is 0 Å². The fraction of sp³-hybridized carbons (Fsp3) is 0.350. The predicted octanol–water partition coefficient (Wildman–Crippen LogP) is 2.73. The summed E-state index contributed by atoms with van der Waals surface area (Å²) in [6, 6.07) is 9.71. The van der Waals surface area contributed by atoms with Gasteiger partial charge in [0, 0.05) is 25.5 Å². The van der Waals surface area contributed by atoms with Crippen molar-refractivity contribution in [1.29, 1.82) is 0 Å². The van der Waals surface area contributed by atoms with Crippen molar-refractivity contribution in [2.75, 3.05) is 14.2 Å². The number of amides is 1. The zero-order valence-electron chi connectivity index (χ0n) is 15.7. The molecule has 0 spiro atoms. The molecule has 2 heterocycles. The molecule has 148 valence electrons. The first-order chi connectivity index (χ1) is 13.2. The summed E-state index contributed by atoms with van der Waals surface area (Å²) in [4.78, 5) is 14.4. The van der Waals surface area contributed by atoms with Crippen LogP contribution >= 0.6 is 0 Å². The summed E-state index contributed by atoms with van der Waals surface area (Å²) in [6.45, 7) is 1.76. The molecule has 2 aliphatic rings. The Kier molecular flexibility index (Phi) is 4.15. The number of nitrogens with zero attached hydrogens (tertiary/aromatic N) is 1. The molecule has 8 heteroatoms. The number of halogens is 1. The van der Waals surface area contributed by atoms with Crippen LogP contribution in [0.15, 0.2) is 47.4 Å². The van der Waals surface area contributed by atoms with E-state index in [1.54, 1.807) is 25.1 Å². The lowest BCUT2D eigenvalue weighted by molar-refractivity contribution is -0.159. The molecule has 1 fully saturated rings. The minimum Gasteiger partial charge on any atom is -0.497 e. The van der Waals surface area contributed by atoms with Gasteiger partial charge in [-0.05, 0) is 42.8 Å². The van der Waals surface area contributed by atoms with Crippen LogP contribution in [0.3, 0.4) is 0 Å². The molecule has 0 saturated carbocycles. The summed E-state index contributed by atoms with van der Waals surface area (Å²) in [7, 11) is -0.971. The minimum absolute atomic E-state index is 0.0780. The van der Waals surface area contributed by atoms with Gasteiger partial charge in [-0.2, -0.15) is 0 Å². The second-order valence-electron chi connectivity index (χ2n) is 7.31. The summed E-state index contributed by atoms with van der Waals surface area (Å²) in [5.74, 6) is -0.587. The molecule has 0 aromatic heterocycles. The van der Waals surface area contributed by atoms with Crippen molar-refractivity contribution in [3.63, 3.8) is 0 Å². The SMILES string of the molecule is COc1ccc2c(c1)O[C@@]1(C)C[C@H]2[C@@H](S(=O)(=O)c2ccc(F)cc2)C(=O)N1C. The second kappa shape index (κ2) is 6.20. The molecule has 0 N–H and O–H groups in total. The van der Waals surface area contributed by atoms with Gasteiger partial charge in [0.05, 0.1) is 12.0 Å². The van der Waals surface area contributed by atoms with E-state index in [1.165, 1.54) is 31.2 Å². The number of sulfone groups is 1. The molecule has 28 heavy (non-hydrogen) atoms. The Labute approximate surface area is 162 Å². The van der Waals surface area contributed by atoms with Crippen LogP contribution in [0.25, 0.3) is 0 Å². The maximum atomic E-state index is 13.4. The lowest BCUT2D eigenvalue weighted by atomic mass is 9.80. The van der Waals surface area contributed by atoms with Crippen LogP contribution in [0.1, 0.15) is 24.8 Å². The maximum Gasteiger partial charge on any atom is 0.244 e. The summed E-state index contributed by atoms with van der Waals surface area (Å²) >= 11 is 0. The molecule has 6 nitrogen and oxygen atoms in total. The molecule has 0 radical (unpaired) electrons. The van der Waals surface area contributed by atoms with E-state index < -0.39 is 38.5 Å². The van der Waals surface area contributed by atoms with Gasteiger partial charge < -0.3 is 14.4 Å². The van der Waals surface area contributed by atoms with Crippen molar-refractivity contribution in [2.24, 2.45) is 0 Å². The lowest BCUT2D eigenvalue weighted by Crippen LogP contribution is -2.64. The number of ether oxygens (including phenoxy) is 2. The Hall–Kier alpha value is -2.61. The van der Waals surface area contributed by atoms with Crippen LogP contribution < -0.4 is 9.47 Å². The van der Waals surface area contributed by atoms with Crippen LogP contribution in [0.4, 0.5) is 4.39 Å². The highest BCUT2D eigenvalue weighted by Crippen LogP contribution is 2.50. The Morgan fingerprint density at radius 3 is 2.54 bits per heavy atom. The normalized spacial score (nSPS) is 26.4. The van der Waals surface area contributed by atoms with E-state index in [-0.39, 0.29) is 4.90 Å². The number of benzene rings is 2. The van der Waals surface area contributed by atoms with Crippen molar-refractivity contribution in [1.82, 2.24) is 4.90 Å². The molecule has 2 aliphatic heterocycles. The van der Waals surface area contributed by atoms with Crippen LogP contribution in [-0.2, 0) is 14.6 Å². The quantitative estimate of drug-likeness (QED) is 0.735. The van der Waals surface area contributed by atoms with Crippen LogP contribution in [0.5, 0.6) is 11.5 Å². The third kappa shape index (κ3) is 2.66. The Balaban J connectivity index is 1.88. The average molecular weight is 405 g/mol. The summed E-state index contributed by atoms with van der Waals surface area (Å²) < 4.78 is 51.3. The van der Waals surface area contributed by atoms with Crippen molar-refractivity contribution < 1.29 is 27.1 Å². The number of carbonyl (C=O) groups excluding carboxylic acids is 1. The van der Waals surface area contributed by atoms with Gasteiger partial charge in [0.2, 0.25) is 5.91 Å². The summed E-state index contributed by atoms with van der Waals surface area (Å²) in [5, 5.41) is -1.31. The number of rotatable bonds is 3. The maximum absolute atomic E-state index is 13.4. The number of methoxy groups -OCH3 is 1. The topological polar surface area (TPSA) is 72.9 Å². The Morgan fingerprint density at radius 2 is 1.89 bits per heavy atom. The smallest absolute Gasteiger partial charge is 0.244 e. The zero-order chi connectivity index (χ0) is 20.3. The number of likely N-dealkylation sites (tertiary alicyclic amines) is 1. The molecule has 2 aromatic carbocycles. The van der Waals surface area contributed by atoms with Crippen molar-refractivity contribution >= 4 is 15.7 Å². The number of piperidine rings is 1. The van der Waals surface area contributed by atoms with E-state index >= 15 is 0 Å². The fourth-order valence-corrected chi connectivity index (χ4v) is 5.93. The summed E-state index contributed by atoms with van der Waals surface area (Å²) in [6.07, 6.45) is 0.333. The third-order valence-electron chi connectivity index (χ3n) is 5.67. The van der Waals surface area contributed by atoms with Crippen LogP contribution in [0, 0.1) is 5.82 Å². The van der Waals surface area contributed by atoms with Gasteiger partial charge in [0.25, 0.3) is 0 Å².